The quantitative estimate of drug-likeness (QED) is 0.0400. The maximum Gasteiger partial charge on any atom is 1.00 e. The first-order chi connectivity index (χ1) is 46.4. The fourth-order valence-electron chi connectivity index (χ4n) is 10.4. The number of thioether (sulfide) groups is 2. The van der Waals surface area contributed by atoms with Crippen molar-refractivity contribution in [1.29, 1.82) is 0 Å². The van der Waals surface area contributed by atoms with Crippen LogP contribution in [0.2, 0.25) is 0 Å². The molecule has 0 radical (unpaired) electrons. The second-order valence-corrected chi connectivity index (χ2v) is 29.9. The van der Waals surface area contributed by atoms with Gasteiger partial charge in [-0.1, -0.05) is 256 Å². The van der Waals surface area contributed by atoms with Gasteiger partial charge in [0.25, 0.3) is 0 Å². The molecule has 4 aliphatic rings. The van der Waals surface area contributed by atoms with Crippen molar-refractivity contribution in [2.45, 2.75) is 123 Å². The Morgan fingerprint density at radius 2 is 0.698 bits per heavy atom. The van der Waals surface area contributed by atoms with Gasteiger partial charge in [-0.15, -0.1) is 0 Å². The van der Waals surface area contributed by atoms with Crippen molar-refractivity contribution in [3.8, 4) is 0 Å². The number of hydrogen-bond donors (Lipinski definition) is 1. The maximum atomic E-state index is 13.9. The molecule has 0 amide bonds. The van der Waals surface area contributed by atoms with Gasteiger partial charge in [-0.25, -0.2) is 9.13 Å². The van der Waals surface area contributed by atoms with E-state index >= 15 is 0 Å². The number of aliphatic hydroxyl groups excluding tert-OH is 1. The molecular weight excluding hydrogens is 1330 g/mol. The van der Waals surface area contributed by atoms with E-state index in [2.05, 4.69) is 9.05 Å². The molecule has 4 heterocycles. The molecule has 12 rings (SSSR count). The smallest absolute Gasteiger partial charge is 1.00 e. The Balaban J connectivity index is 0.000000218. The Hall–Kier alpha value is -4.35. The summed E-state index contributed by atoms with van der Waals surface area (Å²) in [6, 6.07) is 79.7. The van der Waals surface area contributed by atoms with Crippen LogP contribution in [0.5, 0.6) is 0 Å². The van der Waals surface area contributed by atoms with E-state index in [1.165, 1.54) is 23.5 Å². The van der Waals surface area contributed by atoms with Crippen molar-refractivity contribution in [2.75, 3.05) is 39.6 Å². The molecule has 506 valence electrons. The topological polar surface area (TPSA) is 174 Å². The molecule has 8 aromatic carbocycles. The molecular formula is C74H84ClNaO16P2S2. The van der Waals surface area contributed by atoms with Crippen LogP contribution in [0.3, 0.4) is 0 Å². The molecule has 0 aromatic heterocycles. The van der Waals surface area contributed by atoms with Gasteiger partial charge in [0.1, 0.15) is 59.7 Å². The van der Waals surface area contributed by atoms with E-state index in [0.29, 0.717) is 58.8 Å². The van der Waals surface area contributed by atoms with E-state index in [4.69, 9.17) is 62.7 Å². The van der Waals surface area contributed by atoms with Crippen LogP contribution in [0.4, 0.5) is 0 Å². The van der Waals surface area contributed by atoms with Crippen molar-refractivity contribution in [3.05, 3.63) is 276 Å². The Morgan fingerprint density at radius 3 is 1.06 bits per heavy atom. The summed E-state index contributed by atoms with van der Waals surface area (Å²) in [5, 5.41) is 11.6. The fraction of sp³-hybridized carbons (Fsp3) is 0.351. The molecule has 22 heteroatoms. The van der Waals surface area contributed by atoms with Crippen molar-refractivity contribution >= 4 is 49.5 Å². The number of aliphatic hydroxyl groups is 1. The minimum Gasteiger partial charge on any atom is -1.00 e. The van der Waals surface area contributed by atoms with Crippen LogP contribution in [0.25, 0.3) is 0 Å². The summed E-state index contributed by atoms with van der Waals surface area (Å²) < 4.78 is 104. The third kappa shape index (κ3) is 24.8. The Kier molecular flexibility index (Phi) is 31.7. The number of rotatable bonds is 26. The van der Waals surface area contributed by atoms with Crippen molar-refractivity contribution < 1.29 is 106 Å². The normalized spacial score (nSPS) is 27.1. The molecule has 0 spiro atoms. The molecule has 0 bridgehead atoms. The van der Waals surface area contributed by atoms with Crippen LogP contribution < -0.4 is 29.6 Å². The van der Waals surface area contributed by atoms with Gasteiger partial charge in [0.15, 0.2) is 0 Å². The average Bonchev–Trinajstić information content (AvgIpc) is 0.787. The van der Waals surface area contributed by atoms with Gasteiger partial charge < -0.3 is 44.4 Å². The van der Waals surface area contributed by atoms with Crippen LogP contribution in [0.1, 0.15) is 48.7 Å². The van der Waals surface area contributed by atoms with Gasteiger partial charge in [0, 0.05) is 32.9 Å². The fourth-order valence-corrected chi connectivity index (χ4v) is 15.6. The standard InChI is InChI=1S/C37H41O8PS.C33H34O5S.C4H8ClO3P.Na.H/c1-28-22-42-46(38,43-23-28)45-36-35(41-26-31-18-10-4-11-19-31)34(40-25-30-16-8-3-9-17-30)33(27-39-24-29-14-6-2-7-15-29)44-37(36)47-32-20-12-5-13-21-32;34-30-32(37-23-27-17-9-3-10-18-27)31(36-22-26-15-7-2-8-16-26)29(24-35-21-25-13-5-1-6-14-25)38-33(30)39-28-19-11-4-12-20-28;1-4-2-7-9(5,6)8-3-4;;/h2-21,28,33-37H,22-27H2,1H3;1-20,29-34H,21-24H2;4H,2-3H2,1H3;;/q;;;+1;-1. The van der Waals surface area contributed by atoms with Gasteiger partial charge in [0.2, 0.25) is 0 Å². The van der Waals surface area contributed by atoms with Gasteiger partial charge >= 0.3 is 44.3 Å². The minimum atomic E-state index is -3.94. The number of benzene rings is 8. The monoisotopic (exact) mass is 1410 g/mol. The Bertz CT molecular complexity index is 3510. The first-order valence-corrected chi connectivity index (χ1v) is 37.5. The van der Waals surface area contributed by atoms with Crippen LogP contribution in [-0.2, 0) is 109 Å². The van der Waals surface area contributed by atoms with Crippen LogP contribution in [0, 0.1) is 11.8 Å². The van der Waals surface area contributed by atoms with Crippen molar-refractivity contribution in [3.63, 3.8) is 0 Å². The largest absolute Gasteiger partial charge is 1.00 e. The van der Waals surface area contributed by atoms with E-state index in [1.54, 1.807) is 0 Å². The van der Waals surface area contributed by atoms with E-state index in [1.807, 2.05) is 257 Å². The van der Waals surface area contributed by atoms with E-state index in [0.717, 1.165) is 43.2 Å². The molecule has 4 saturated heterocycles. The number of phosphoric ester groups is 1. The second-order valence-electron chi connectivity index (χ2n) is 23.3. The van der Waals surface area contributed by atoms with Gasteiger partial charge in [-0.3, -0.25) is 22.6 Å². The zero-order chi connectivity index (χ0) is 65.9. The summed E-state index contributed by atoms with van der Waals surface area (Å²) in [7, 11) is -3.94. The average molecular weight is 1410 g/mol. The third-order valence-electron chi connectivity index (χ3n) is 15.4. The van der Waals surface area contributed by atoms with Gasteiger partial charge in [-0.05, 0) is 57.6 Å². The molecule has 1 N–H and O–H groups in total. The van der Waals surface area contributed by atoms with Crippen LogP contribution in [-0.4, -0.2) is 104 Å². The molecule has 96 heavy (non-hydrogen) atoms. The summed E-state index contributed by atoms with van der Waals surface area (Å²) in [6.45, 7) is 4.88. The number of hydrogen-bond acceptors (Lipinski definition) is 18. The Morgan fingerprint density at radius 1 is 0.406 bits per heavy atom. The minimum absolute atomic E-state index is 0. The molecule has 10 unspecified atom stereocenters. The van der Waals surface area contributed by atoms with E-state index in [9.17, 15) is 14.2 Å². The van der Waals surface area contributed by atoms with Crippen molar-refractivity contribution in [2.24, 2.45) is 11.8 Å². The second kappa shape index (κ2) is 40.2. The first-order valence-electron chi connectivity index (χ1n) is 31.8. The molecule has 16 nitrogen and oxygen atoms in total. The van der Waals surface area contributed by atoms with E-state index in [-0.39, 0.29) is 63.3 Å². The van der Waals surface area contributed by atoms with E-state index < -0.39 is 74.5 Å². The summed E-state index contributed by atoms with van der Waals surface area (Å²) in [5.41, 5.74) is 4.99. The van der Waals surface area contributed by atoms with Gasteiger partial charge in [-0.2, -0.15) is 0 Å². The summed E-state index contributed by atoms with van der Waals surface area (Å²) >= 11 is 8.20. The molecule has 8 aromatic rings. The molecule has 4 fully saturated rings. The van der Waals surface area contributed by atoms with Crippen LogP contribution in [0.15, 0.2) is 252 Å². The number of halogens is 1. The number of ether oxygens (including phenoxy) is 8. The predicted molar refractivity (Wildman–Crippen MR) is 369 cm³/mol. The zero-order valence-electron chi connectivity index (χ0n) is 55.2. The van der Waals surface area contributed by atoms with Crippen molar-refractivity contribution in [1.82, 2.24) is 0 Å². The third-order valence-corrected chi connectivity index (χ3v) is 20.7. The zero-order valence-corrected chi connectivity index (χ0v) is 60.3. The summed E-state index contributed by atoms with van der Waals surface area (Å²) in [5.74, 6) is 0.391. The molecule has 4 aliphatic heterocycles. The predicted octanol–water partition coefficient (Wildman–Crippen LogP) is 13.5. The molecule has 10 atom stereocenters. The summed E-state index contributed by atoms with van der Waals surface area (Å²) in [6.07, 6.45) is -5.30. The SMILES string of the molecule is CC1COP(=O)(Cl)OC1.CC1COP(=O)(OC2C(Sc3ccccc3)OC(COCc3ccccc3)C(OCc3ccccc3)C2OCc2ccccc2)OC1.OC1C(Sc2ccccc2)OC(COCc2ccccc2)C(OCc2ccccc2)C1OCc1ccccc1.[H-].[Na+]. The number of phosphoric acid groups is 1. The molecule has 0 saturated carbocycles. The Labute approximate surface area is 601 Å². The summed E-state index contributed by atoms with van der Waals surface area (Å²) in [4.78, 5) is 1.97. The maximum absolute atomic E-state index is 13.9. The van der Waals surface area contributed by atoms with Gasteiger partial charge in [0.05, 0.1) is 79.3 Å². The first kappa shape index (κ1) is 75.8. The van der Waals surface area contributed by atoms with Crippen LogP contribution >= 0.6 is 49.5 Å². The molecule has 0 aliphatic carbocycles.